The van der Waals surface area contributed by atoms with Crippen molar-refractivity contribution in [1.29, 1.82) is 0 Å². The number of carboxylic acids is 1. The van der Waals surface area contributed by atoms with Crippen molar-refractivity contribution in [1.82, 2.24) is 0 Å². The molecule has 0 atom stereocenters. The lowest BCUT2D eigenvalue weighted by molar-refractivity contribution is -0.143. The second kappa shape index (κ2) is 8.03. The molecule has 0 aromatic rings. The van der Waals surface area contributed by atoms with Crippen LogP contribution < -0.4 is 0 Å². The second-order valence-electron chi connectivity index (χ2n) is 3.31. The van der Waals surface area contributed by atoms with Gasteiger partial charge in [-0.3, -0.25) is 4.79 Å². The van der Waals surface area contributed by atoms with Gasteiger partial charge in [-0.05, 0) is 13.3 Å². The maximum Gasteiger partial charge on any atom is 0.333 e. The number of rotatable bonds is 7. The van der Waals surface area contributed by atoms with E-state index in [1.54, 1.807) is 6.92 Å². The summed E-state index contributed by atoms with van der Waals surface area (Å²) >= 11 is 0. The fourth-order valence-electron chi connectivity index (χ4n) is 0.951. The van der Waals surface area contributed by atoms with E-state index in [4.69, 9.17) is 9.84 Å². The van der Waals surface area contributed by atoms with E-state index in [9.17, 15) is 9.59 Å². The van der Waals surface area contributed by atoms with E-state index in [-0.39, 0.29) is 13.0 Å². The predicted octanol–water partition coefficient (Wildman–Crippen LogP) is 2.14. The van der Waals surface area contributed by atoms with Crippen LogP contribution in [0.2, 0.25) is 0 Å². The minimum atomic E-state index is -0.963. The molecular weight excluding hydrogens is 196 g/mol. The average Bonchev–Trinajstić information content (AvgIpc) is 2.17. The Morgan fingerprint density at radius 1 is 1.40 bits per heavy atom. The van der Waals surface area contributed by atoms with E-state index in [1.165, 1.54) is 0 Å². The van der Waals surface area contributed by atoms with Crippen molar-refractivity contribution in [2.75, 3.05) is 6.61 Å². The van der Waals surface area contributed by atoms with Gasteiger partial charge >= 0.3 is 11.9 Å². The van der Waals surface area contributed by atoms with Crippen molar-refractivity contribution >= 4 is 11.9 Å². The van der Waals surface area contributed by atoms with Gasteiger partial charge in [-0.25, -0.2) is 4.79 Å². The molecule has 0 heterocycles. The Morgan fingerprint density at radius 2 is 2.07 bits per heavy atom. The number of unbranched alkanes of at least 4 members (excludes halogenated alkanes) is 2. The molecule has 0 amide bonds. The highest BCUT2D eigenvalue weighted by Crippen LogP contribution is 2.03. The SMILES string of the molecule is CCCCC=C(C)C(=O)OCCC(=O)O. The van der Waals surface area contributed by atoms with E-state index in [0.717, 1.165) is 19.3 Å². The van der Waals surface area contributed by atoms with Crippen molar-refractivity contribution in [2.24, 2.45) is 0 Å². The third-order valence-corrected chi connectivity index (χ3v) is 1.88. The molecule has 0 fully saturated rings. The molecular formula is C11H18O4. The number of allylic oxidation sites excluding steroid dienone is 1. The summed E-state index contributed by atoms with van der Waals surface area (Å²) in [5.41, 5.74) is 0.550. The summed E-state index contributed by atoms with van der Waals surface area (Å²) in [6.07, 6.45) is 4.66. The first kappa shape index (κ1) is 13.7. The van der Waals surface area contributed by atoms with Crippen LogP contribution in [-0.4, -0.2) is 23.7 Å². The molecule has 1 N–H and O–H groups in total. The molecule has 0 aliphatic heterocycles. The van der Waals surface area contributed by atoms with Crippen LogP contribution in [0.1, 0.15) is 39.5 Å². The van der Waals surface area contributed by atoms with Crippen LogP contribution >= 0.6 is 0 Å². The van der Waals surface area contributed by atoms with Crippen LogP contribution in [0, 0.1) is 0 Å². The minimum absolute atomic E-state index is 0.0624. The van der Waals surface area contributed by atoms with E-state index in [2.05, 4.69) is 6.92 Å². The van der Waals surface area contributed by atoms with Gasteiger partial charge in [-0.1, -0.05) is 25.8 Å². The van der Waals surface area contributed by atoms with Crippen molar-refractivity contribution in [3.05, 3.63) is 11.6 Å². The first-order chi connectivity index (χ1) is 7.07. The number of aliphatic carboxylic acids is 1. The van der Waals surface area contributed by atoms with Crippen LogP contribution in [0.5, 0.6) is 0 Å². The summed E-state index contributed by atoms with van der Waals surface area (Å²) < 4.78 is 4.76. The molecule has 15 heavy (non-hydrogen) atoms. The smallest absolute Gasteiger partial charge is 0.333 e. The van der Waals surface area contributed by atoms with E-state index in [1.807, 2.05) is 6.08 Å². The van der Waals surface area contributed by atoms with Gasteiger partial charge in [0.25, 0.3) is 0 Å². The summed E-state index contributed by atoms with van der Waals surface area (Å²) in [5, 5.41) is 8.33. The van der Waals surface area contributed by atoms with Crippen LogP contribution in [-0.2, 0) is 14.3 Å². The van der Waals surface area contributed by atoms with E-state index < -0.39 is 11.9 Å². The van der Waals surface area contributed by atoms with Gasteiger partial charge in [0, 0.05) is 5.57 Å². The first-order valence-corrected chi connectivity index (χ1v) is 5.13. The minimum Gasteiger partial charge on any atom is -0.481 e. The van der Waals surface area contributed by atoms with Gasteiger partial charge in [-0.15, -0.1) is 0 Å². The van der Waals surface area contributed by atoms with Crippen molar-refractivity contribution in [3.63, 3.8) is 0 Å². The molecule has 0 radical (unpaired) electrons. The van der Waals surface area contributed by atoms with Crippen molar-refractivity contribution < 1.29 is 19.4 Å². The molecule has 4 heteroatoms. The van der Waals surface area contributed by atoms with E-state index in [0.29, 0.717) is 5.57 Å². The third-order valence-electron chi connectivity index (χ3n) is 1.88. The number of carbonyl (C=O) groups is 2. The number of hydrogen-bond donors (Lipinski definition) is 1. The van der Waals surface area contributed by atoms with Crippen molar-refractivity contribution in [2.45, 2.75) is 39.5 Å². The van der Waals surface area contributed by atoms with Crippen molar-refractivity contribution in [3.8, 4) is 0 Å². The van der Waals surface area contributed by atoms with Gasteiger partial charge in [0.15, 0.2) is 0 Å². The molecule has 86 valence electrons. The summed E-state index contributed by atoms with van der Waals surface area (Å²) in [5.74, 6) is -1.39. The van der Waals surface area contributed by atoms with Crippen LogP contribution in [0.4, 0.5) is 0 Å². The van der Waals surface area contributed by atoms with Gasteiger partial charge in [0.2, 0.25) is 0 Å². The zero-order valence-electron chi connectivity index (χ0n) is 9.28. The number of hydrogen-bond acceptors (Lipinski definition) is 3. The lowest BCUT2D eigenvalue weighted by atomic mass is 10.2. The molecule has 0 unspecified atom stereocenters. The highest BCUT2D eigenvalue weighted by atomic mass is 16.5. The van der Waals surface area contributed by atoms with Gasteiger partial charge in [-0.2, -0.15) is 0 Å². The Labute approximate surface area is 89.9 Å². The summed E-state index contributed by atoms with van der Waals surface area (Å²) in [6, 6.07) is 0. The Bertz CT molecular complexity index is 243. The molecule has 0 aromatic heterocycles. The molecule has 0 aromatic carbocycles. The lowest BCUT2D eigenvalue weighted by Gasteiger charge is -2.02. The monoisotopic (exact) mass is 214 g/mol. The number of ether oxygens (including phenoxy) is 1. The Morgan fingerprint density at radius 3 is 2.60 bits per heavy atom. The first-order valence-electron chi connectivity index (χ1n) is 5.13. The molecule has 0 spiro atoms. The van der Waals surface area contributed by atoms with Crippen LogP contribution in [0.25, 0.3) is 0 Å². The second-order valence-corrected chi connectivity index (χ2v) is 3.31. The maximum absolute atomic E-state index is 11.2. The molecule has 0 aliphatic rings. The quantitative estimate of drug-likeness (QED) is 0.400. The Balaban J connectivity index is 3.78. The normalized spacial score (nSPS) is 11.2. The van der Waals surface area contributed by atoms with E-state index >= 15 is 0 Å². The highest BCUT2D eigenvalue weighted by molar-refractivity contribution is 5.87. The molecule has 4 nitrogen and oxygen atoms in total. The fraction of sp³-hybridized carbons (Fsp3) is 0.636. The van der Waals surface area contributed by atoms with Crippen LogP contribution in [0.15, 0.2) is 11.6 Å². The van der Waals surface area contributed by atoms with Gasteiger partial charge < -0.3 is 9.84 Å². The average molecular weight is 214 g/mol. The van der Waals surface area contributed by atoms with Crippen LogP contribution in [0.3, 0.4) is 0 Å². The molecule has 0 bridgehead atoms. The molecule has 0 rings (SSSR count). The summed E-state index contributed by atoms with van der Waals surface area (Å²) in [4.78, 5) is 21.4. The number of esters is 1. The zero-order valence-corrected chi connectivity index (χ0v) is 9.28. The maximum atomic E-state index is 11.2. The predicted molar refractivity (Wildman–Crippen MR) is 56.5 cm³/mol. The molecule has 0 aliphatic carbocycles. The van der Waals surface area contributed by atoms with Gasteiger partial charge in [0.05, 0.1) is 6.42 Å². The third kappa shape index (κ3) is 7.73. The van der Waals surface area contributed by atoms with Gasteiger partial charge in [0.1, 0.15) is 6.61 Å². The highest BCUT2D eigenvalue weighted by Gasteiger charge is 2.06. The summed E-state index contributed by atoms with van der Waals surface area (Å²) in [7, 11) is 0. The lowest BCUT2D eigenvalue weighted by Crippen LogP contribution is -2.10. The Hall–Kier alpha value is -1.32. The standard InChI is InChI=1S/C11H18O4/c1-3-4-5-6-9(2)11(14)15-8-7-10(12)13/h6H,3-5,7-8H2,1-2H3,(H,12,13). The Kier molecular flexibility index (Phi) is 7.32. The number of carboxylic acid groups (broad SMARTS) is 1. The topological polar surface area (TPSA) is 63.6 Å². The fourth-order valence-corrected chi connectivity index (χ4v) is 0.951. The largest absolute Gasteiger partial charge is 0.481 e. The zero-order chi connectivity index (χ0) is 11.7. The number of carbonyl (C=O) groups excluding carboxylic acids is 1. The molecule has 0 saturated carbocycles. The molecule has 0 saturated heterocycles. The summed E-state index contributed by atoms with van der Waals surface area (Å²) in [6.45, 7) is 3.69.